The van der Waals surface area contributed by atoms with Gasteiger partial charge in [-0.2, -0.15) is 0 Å². The van der Waals surface area contributed by atoms with E-state index in [0.717, 1.165) is 5.57 Å². The maximum atomic E-state index is 12.4. The second-order valence-corrected chi connectivity index (χ2v) is 1.98. The van der Waals surface area contributed by atoms with Gasteiger partial charge in [-0.05, 0) is 26.3 Å². The molecule has 0 fully saturated rings. The van der Waals surface area contributed by atoms with E-state index in [9.17, 15) is 4.39 Å². The average molecular weight is 128 g/mol. The summed E-state index contributed by atoms with van der Waals surface area (Å²) in [4.78, 5) is 0. The highest BCUT2D eigenvalue weighted by atomic mass is 19.1. The highest BCUT2D eigenvalue weighted by Gasteiger charge is 1.87. The summed E-state index contributed by atoms with van der Waals surface area (Å²) in [5, 5.41) is 0. The van der Waals surface area contributed by atoms with Crippen LogP contribution in [-0.4, -0.2) is 0 Å². The van der Waals surface area contributed by atoms with Gasteiger partial charge in [0.2, 0.25) is 0 Å². The number of hydrogen-bond donors (Lipinski definition) is 0. The van der Waals surface area contributed by atoms with Crippen LogP contribution in [0.25, 0.3) is 0 Å². The van der Waals surface area contributed by atoms with Gasteiger partial charge >= 0.3 is 0 Å². The summed E-state index contributed by atoms with van der Waals surface area (Å²) in [5.74, 6) is -0.0504. The molecular weight excluding hydrogens is 115 g/mol. The van der Waals surface area contributed by atoms with Gasteiger partial charge in [-0.25, -0.2) is 4.39 Å². The van der Waals surface area contributed by atoms with Gasteiger partial charge in [0.25, 0.3) is 0 Å². The summed E-state index contributed by atoms with van der Waals surface area (Å²) >= 11 is 0. The van der Waals surface area contributed by atoms with Crippen molar-refractivity contribution >= 4 is 0 Å². The van der Waals surface area contributed by atoms with Crippen molar-refractivity contribution in [2.75, 3.05) is 0 Å². The summed E-state index contributed by atoms with van der Waals surface area (Å²) in [6, 6.07) is 0. The lowest BCUT2D eigenvalue weighted by molar-refractivity contribution is 0.603. The molecule has 0 atom stereocenters. The lowest BCUT2D eigenvalue weighted by atomic mass is 10.2. The van der Waals surface area contributed by atoms with E-state index < -0.39 is 0 Å². The molecule has 0 amide bonds. The topological polar surface area (TPSA) is 0 Å². The van der Waals surface area contributed by atoms with Crippen molar-refractivity contribution in [3.63, 3.8) is 0 Å². The second-order valence-electron chi connectivity index (χ2n) is 1.98. The molecule has 0 saturated heterocycles. The van der Waals surface area contributed by atoms with E-state index in [1.165, 1.54) is 0 Å². The molecule has 0 saturated carbocycles. The van der Waals surface area contributed by atoms with Crippen LogP contribution in [0, 0.1) is 0 Å². The van der Waals surface area contributed by atoms with Crippen molar-refractivity contribution in [1.29, 1.82) is 0 Å². The molecule has 0 spiro atoms. The Kier molecular flexibility index (Phi) is 4.02. The largest absolute Gasteiger partial charge is 0.212 e. The lowest BCUT2D eigenvalue weighted by Gasteiger charge is -1.89. The van der Waals surface area contributed by atoms with Crippen LogP contribution in [-0.2, 0) is 0 Å². The maximum absolute atomic E-state index is 12.4. The monoisotopic (exact) mass is 128 g/mol. The Morgan fingerprint density at radius 1 is 1.56 bits per heavy atom. The Bertz CT molecular complexity index is 132. The van der Waals surface area contributed by atoms with Gasteiger partial charge in [0.05, 0.1) is 5.83 Å². The molecule has 0 aliphatic heterocycles. The normalized spacial score (nSPS) is 14.2. The molecule has 0 aliphatic carbocycles. The Labute approximate surface area is 56.1 Å². The van der Waals surface area contributed by atoms with Crippen LogP contribution in [0.4, 0.5) is 4.39 Å². The molecule has 0 aromatic heterocycles. The highest BCUT2D eigenvalue weighted by molar-refractivity contribution is 5.17. The van der Waals surface area contributed by atoms with E-state index in [0.29, 0.717) is 6.42 Å². The third-order valence-corrected chi connectivity index (χ3v) is 1.18. The molecule has 0 radical (unpaired) electrons. The smallest absolute Gasteiger partial charge is 0.0999 e. The van der Waals surface area contributed by atoms with E-state index in [1.54, 1.807) is 13.0 Å². The third-order valence-electron chi connectivity index (χ3n) is 1.18. The molecule has 52 valence electrons. The SMILES string of the molecule is C/C=C(C)\C=C(\F)CC. The molecule has 1 heteroatoms. The molecule has 0 aliphatic rings. The van der Waals surface area contributed by atoms with Crippen molar-refractivity contribution in [3.8, 4) is 0 Å². The molecule has 0 N–H and O–H groups in total. The fourth-order valence-corrected chi connectivity index (χ4v) is 0.432. The molecule has 0 aromatic rings. The Morgan fingerprint density at radius 2 is 2.11 bits per heavy atom. The van der Waals surface area contributed by atoms with Crippen LogP contribution in [0.5, 0.6) is 0 Å². The van der Waals surface area contributed by atoms with E-state index in [2.05, 4.69) is 0 Å². The lowest BCUT2D eigenvalue weighted by Crippen LogP contribution is -1.70. The molecular formula is C8H13F. The minimum absolute atomic E-state index is 0.0504. The van der Waals surface area contributed by atoms with Crippen molar-refractivity contribution < 1.29 is 4.39 Å². The minimum Gasteiger partial charge on any atom is -0.212 e. The van der Waals surface area contributed by atoms with Crippen molar-refractivity contribution in [1.82, 2.24) is 0 Å². The van der Waals surface area contributed by atoms with E-state index in [4.69, 9.17) is 0 Å². The van der Waals surface area contributed by atoms with Gasteiger partial charge in [-0.3, -0.25) is 0 Å². The third kappa shape index (κ3) is 3.95. The van der Waals surface area contributed by atoms with Gasteiger partial charge in [-0.1, -0.05) is 18.6 Å². The van der Waals surface area contributed by atoms with Gasteiger partial charge in [0.1, 0.15) is 0 Å². The molecule has 0 bridgehead atoms. The fraction of sp³-hybridized carbons (Fsp3) is 0.500. The van der Waals surface area contributed by atoms with E-state index in [-0.39, 0.29) is 5.83 Å². The van der Waals surface area contributed by atoms with Crippen LogP contribution >= 0.6 is 0 Å². The highest BCUT2D eigenvalue weighted by Crippen LogP contribution is 2.05. The van der Waals surface area contributed by atoms with E-state index in [1.807, 2.05) is 19.9 Å². The van der Waals surface area contributed by atoms with Crippen LogP contribution < -0.4 is 0 Å². The van der Waals surface area contributed by atoms with Gasteiger partial charge in [0, 0.05) is 0 Å². The minimum atomic E-state index is -0.0504. The molecule has 0 heterocycles. The predicted octanol–water partition coefficient (Wildman–Crippen LogP) is 3.22. The van der Waals surface area contributed by atoms with Crippen molar-refractivity contribution in [2.45, 2.75) is 27.2 Å². The second kappa shape index (κ2) is 4.30. The summed E-state index contributed by atoms with van der Waals surface area (Å²) in [6.07, 6.45) is 3.93. The van der Waals surface area contributed by atoms with Crippen molar-refractivity contribution in [3.05, 3.63) is 23.6 Å². The van der Waals surface area contributed by atoms with Gasteiger partial charge < -0.3 is 0 Å². The van der Waals surface area contributed by atoms with Crippen LogP contribution in [0.3, 0.4) is 0 Å². The summed E-state index contributed by atoms with van der Waals surface area (Å²) in [6.45, 7) is 5.58. The zero-order chi connectivity index (χ0) is 7.28. The summed E-state index contributed by atoms with van der Waals surface area (Å²) in [7, 11) is 0. The number of hydrogen-bond acceptors (Lipinski definition) is 0. The quantitative estimate of drug-likeness (QED) is 0.501. The molecule has 0 aromatic carbocycles. The van der Waals surface area contributed by atoms with Gasteiger partial charge in [-0.15, -0.1) is 0 Å². The maximum Gasteiger partial charge on any atom is 0.0999 e. The molecule has 0 nitrogen and oxygen atoms in total. The molecule has 0 unspecified atom stereocenters. The Hall–Kier alpha value is -0.590. The Balaban J connectivity index is 3.95. The van der Waals surface area contributed by atoms with Crippen molar-refractivity contribution in [2.24, 2.45) is 0 Å². The zero-order valence-electron chi connectivity index (χ0n) is 6.24. The molecule has 9 heavy (non-hydrogen) atoms. The number of rotatable bonds is 2. The van der Waals surface area contributed by atoms with E-state index >= 15 is 0 Å². The van der Waals surface area contributed by atoms with Gasteiger partial charge in [0.15, 0.2) is 0 Å². The standard InChI is InChI=1S/C8H13F/c1-4-7(3)6-8(9)5-2/h4,6H,5H2,1-3H3/b7-4-,8-6+. The molecule has 0 rings (SSSR count). The van der Waals surface area contributed by atoms with Crippen LogP contribution in [0.1, 0.15) is 27.2 Å². The first kappa shape index (κ1) is 8.41. The predicted molar refractivity (Wildman–Crippen MR) is 38.9 cm³/mol. The Morgan fingerprint density at radius 3 is 2.44 bits per heavy atom. The fourth-order valence-electron chi connectivity index (χ4n) is 0.432. The first-order valence-electron chi connectivity index (χ1n) is 3.19. The van der Waals surface area contributed by atoms with Crippen LogP contribution in [0.2, 0.25) is 0 Å². The first-order valence-corrected chi connectivity index (χ1v) is 3.19. The van der Waals surface area contributed by atoms with Crippen LogP contribution in [0.15, 0.2) is 23.6 Å². The number of allylic oxidation sites excluding steroid dienone is 4. The number of halogens is 1. The first-order chi connectivity index (χ1) is 4.20. The average Bonchev–Trinajstić information content (AvgIpc) is 1.87. The summed E-state index contributed by atoms with van der Waals surface area (Å²) in [5.41, 5.74) is 0.981. The zero-order valence-corrected chi connectivity index (χ0v) is 6.24. The summed E-state index contributed by atoms with van der Waals surface area (Å²) < 4.78 is 12.4.